The fourth-order valence-corrected chi connectivity index (χ4v) is 3.97. The number of nitrogens with zero attached hydrogens (tertiary/aromatic N) is 3. The molecule has 0 unspecified atom stereocenters. The number of aryl methyl sites for hydroxylation is 2. The van der Waals surface area contributed by atoms with E-state index in [1.807, 2.05) is 30.0 Å². The molecular weight excluding hydrogens is 385 g/mol. The highest BCUT2D eigenvalue weighted by atomic mass is 35.5. The summed E-state index contributed by atoms with van der Waals surface area (Å²) in [6.07, 6.45) is 1.96. The predicted octanol–water partition coefficient (Wildman–Crippen LogP) is 4.72. The molecule has 24 heavy (non-hydrogen) atoms. The number of carbonyl (C=O) groups is 1. The van der Waals surface area contributed by atoms with Gasteiger partial charge in [0.2, 0.25) is 0 Å². The Kier molecular flexibility index (Phi) is 5.20. The van der Waals surface area contributed by atoms with E-state index in [4.69, 9.17) is 23.2 Å². The third-order valence-corrected chi connectivity index (χ3v) is 5.51. The van der Waals surface area contributed by atoms with E-state index < -0.39 is 5.91 Å². The molecule has 0 aliphatic rings. The Balaban J connectivity index is 1.98. The quantitative estimate of drug-likeness (QED) is 0.641. The van der Waals surface area contributed by atoms with Crippen molar-refractivity contribution in [1.29, 1.82) is 0 Å². The van der Waals surface area contributed by atoms with E-state index in [9.17, 15) is 4.79 Å². The molecule has 4 nitrogen and oxygen atoms in total. The van der Waals surface area contributed by atoms with Gasteiger partial charge in [-0.2, -0.15) is 4.99 Å². The van der Waals surface area contributed by atoms with Crippen LogP contribution in [-0.2, 0) is 6.54 Å². The number of amides is 1. The molecule has 0 aliphatic heterocycles. The lowest BCUT2D eigenvalue weighted by Gasteiger charge is -2.01. The van der Waals surface area contributed by atoms with E-state index in [-0.39, 0.29) is 0 Å². The van der Waals surface area contributed by atoms with Crippen molar-refractivity contribution in [3.05, 3.63) is 65.8 Å². The van der Waals surface area contributed by atoms with Crippen molar-refractivity contribution < 1.29 is 4.79 Å². The monoisotopic (exact) mass is 397 g/mol. The van der Waals surface area contributed by atoms with E-state index in [1.165, 1.54) is 17.4 Å². The zero-order chi connectivity index (χ0) is 17.3. The lowest BCUT2D eigenvalue weighted by atomic mass is 10.2. The lowest BCUT2D eigenvalue weighted by Crippen LogP contribution is -2.17. The van der Waals surface area contributed by atoms with Gasteiger partial charge in [0.25, 0.3) is 5.91 Å². The van der Waals surface area contributed by atoms with E-state index >= 15 is 0 Å². The number of aromatic nitrogens is 2. The predicted molar refractivity (Wildman–Crippen MR) is 99.4 cm³/mol. The van der Waals surface area contributed by atoms with Gasteiger partial charge in [-0.05, 0) is 32.0 Å². The molecule has 0 radical (unpaired) electrons. The van der Waals surface area contributed by atoms with E-state index in [2.05, 4.69) is 9.98 Å². The molecular formula is C16H13Cl2N3OS2. The van der Waals surface area contributed by atoms with Crippen LogP contribution in [0.2, 0.25) is 10.0 Å². The number of benzene rings is 1. The summed E-state index contributed by atoms with van der Waals surface area (Å²) in [6, 6.07) is 4.77. The number of hydrogen-bond donors (Lipinski definition) is 0. The van der Waals surface area contributed by atoms with Crippen molar-refractivity contribution in [2.24, 2.45) is 4.99 Å². The van der Waals surface area contributed by atoms with Crippen molar-refractivity contribution in [3.8, 4) is 0 Å². The minimum Gasteiger partial charge on any atom is -0.317 e. The summed E-state index contributed by atoms with van der Waals surface area (Å²) >= 11 is 15.1. The van der Waals surface area contributed by atoms with Gasteiger partial charge >= 0.3 is 0 Å². The van der Waals surface area contributed by atoms with Crippen LogP contribution in [0.25, 0.3) is 0 Å². The molecule has 1 amide bonds. The average Bonchev–Trinajstić information content (AvgIpc) is 3.08. The van der Waals surface area contributed by atoms with Crippen LogP contribution in [0, 0.1) is 13.8 Å². The number of thiazole rings is 2. The highest BCUT2D eigenvalue weighted by Crippen LogP contribution is 2.21. The third-order valence-electron chi connectivity index (χ3n) is 3.19. The molecule has 0 aliphatic carbocycles. The molecule has 2 aromatic heterocycles. The Morgan fingerprint density at radius 1 is 1.33 bits per heavy atom. The molecule has 0 saturated carbocycles. The molecule has 0 saturated heterocycles. The second-order valence-corrected chi connectivity index (χ2v) is 8.27. The molecule has 3 aromatic rings. The van der Waals surface area contributed by atoms with Gasteiger partial charge in [-0.1, -0.05) is 23.2 Å². The molecule has 0 atom stereocenters. The Morgan fingerprint density at radius 3 is 2.83 bits per heavy atom. The number of carbonyl (C=O) groups excluding carboxylic acids is 1. The molecule has 8 heteroatoms. The summed E-state index contributed by atoms with van der Waals surface area (Å²) in [5.41, 5.74) is 1.25. The minimum absolute atomic E-state index is 0.297. The SMILES string of the molecule is Cc1cn(Cc2csc(C)n2)/c(=N/C(=O)c2cc(Cl)ccc2Cl)s1. The first-order chi connectivity index (χ1) is 11.4. The molecule has 0 spiro atoms. The first kappa shape index (κ1) is 17.4. The highest BCUT2D eigenvalue weighted by molar-refractivity contribution is 7.09. The second kappa shape index (κ2) is 7.19. The maximum absolute atomic E-state index is 12.5. The van der Waals surface area contributed by atoms with Gasteiger partial charge in [-0.25, -0.2) is 4.98 Å². The van der Waals surface area contributed by atoms with Crippen LogP contribution in [0.15, 0.2) is 34.8 Å². The van der Waals surface area contributed by atoms with Crippen LogP contribution in [0.5, 0.6) is 0 Å². The number of halogens is 2. The first-order valence-corrected chi connectivity index (χ1v) is 9.49. The fourth-order valence-electron chi connectivity index (χ4n) is 2.17. The van der Waals surface area contributed by atoms with Crippen molar-refractivity contribution in [1.82, 2.24) is 9.55 Å². The highest BCUT2D eigenvalue weighted by Gasteiger charge is 2.11. The summed E-state index contributed by atoms with van der Waals surface area (Å²) in [6.45, 7) is 4.51. The minimum atomic E-state index is -0.410. The second-order valence-electron chi connectivity index (χ2n) is 5.15. The van der Waals surface area contributed by atoms with Crippen LogP contribution in [0.1, 0.15) is 25.9 Å². The Hall–Kier alpha value is -1.47. The molecule has 1 aromatic carbocycles. The molecule has 2 heterocycles. The van der Waals surface area contributed by atoms with Crippen molar-refractivity contribution in [3.63, 3.8) is 0 Å². The Bertz CT molecular complexity index is 972. The van der Waals surface area contributed by atoms with Gasteiger partial charge in [-0.15, -0.1) is 22.7 Å². The zero-order valence-corrected chi connectivity index (χ0v) is 16.1. The molecule has 124 valence electrons. The Morgan fingerprint density at radius 2 is 2.12 bits per heavy atom. The zero-order valence-electron chi connectivity index (χ0n) is 12.9. The molecule has 0 N–H and O–H groups in total. The summed E-state index contributed by atoms with van der Waals surface area (Å²) in [5, 5.41) is 3.81. The van der Waals surface area contributed by atoms with Crippen LogP contribution < -0.4 is 4.80 Å². The third kappa shape index (κ3) is 3.95. The van der Waals surface area contributed by atoms with Crippen LogP contribution in [0.3, 0.4) is 0 Å². The fraction of sp³-hybridized carbons (Fsp3) is 0.188. The molecule has 3 rings (SSSR count). The van der Waals surface area contributed by atoms with E-state index in [0.29, 0.717) is 27.0 Å². The van der Waals surface area contributed by atoms with E-state index in [1.54, 1.807) is 23.5 Å². The summed E-state index contributed by atoms with van der Waals surface area (Å²) in [5.74, 6) is -0.410. The van der Waals surface area contributed by atoms with Gasteiger partial charge < -0.3 is 4.57 Å². The average molecular weight is 398 g/mol. The summed E-state index contributed by atoms with van der Waals surface area (Å²) < 4.78 is 1.92. The van der Waals surface area contributed by atoms with Crippen LogP contribution >= 0.6 is 45.9 Å². The topological polar surface area (TPSA) is 47.2 Å². The molecule has 0 fully saturated rings. The van der Waals surface area contributed by atoms with Crippen molar-refractivity contribution >= 4 is 51.8 Å². The van der Waals surface area contributed by atoms with Crippen molar-refractivity contribution in [2.45, 2.75) is 20.4 Å². The van der Waals surface area contributed by atoms with Gasteiger partial charge in [0.15, 0.2) is 4.80 Å². The largest absolute Gasteiger partial charge is 0.317 e. The van der Waals surface area contributed by atoms with Crippen LogP contribution in [0.4, 0.5) is 0 Å². The van der Waals surface area contributed by atoms with Crippen LogP contribution in [-0.4, -0.2) is 15.5 Å². The summed E-state index contributed by atoms with van der Waals surface area (Å²) in [4.78, 5) is 22.8. The van der Waals surface area contributed by atoms with Gasteiger partial charge in [0.05, 0.1) is 27.8 Å². The summed E-state index contributed by atoms with van der Waals surface area (Å²) in [7, 11) is 0. The maximum atomic E-state index is 12.5. The van der Waals surface area contributed by atoms with Gasteiger partial charge in [0, 0.05) is 21.5 Å². The van der Waals surface area contributed by atoms with Gasteiger partial charge in [0.1, 0.15) is 0 Å². The number of rotatable bonds is 3. The van der Waals surface area contributed by atoms with E-state index in [0.717, 1.165) is 15.6 Å². The molecule has 0 bridgehead atoms. The number of hydrogen-bond acceptors (Lipinski definition) is 4. The first-order valence-electron chi connectivity index (χ1n) is 7.04. The van der Waals surface area contributed by atoms with Crippen molar-refractivity contribution in [2.75, 3.05) is 0 Å². The maximum Gasteiger partial charge on any atom is 0.281 e. The Labute approximate surface area is 157 Å². The smallest absolute Gasteiger partial charge is 0.281 e. The normalized spacial score (nSPS) is 11.9. The lowest BCUT2D eigenvalue weighted by molar-refractivity contribution is 0.0998. The standard InChI is InChI=1S/C16H13Cl2N3OS2/c1-9-6-21(7-12-8-23-10(2)19-12)16(24-9)20-15(22)13-5-11(17)3-4-14(13)18/h3-6,8H,7H2,1-2H3/b20-16-. The van der Waals surface area contributed by atoms with Gasteiger partial charge in [-0.3, -0.25) is 4.79 Å².